The molecule has 0 bridgehead atoms. The van der Waals surface area contributed by atoms with E-state index < -0.39 is 0 Å². The first-order chi connectivity index (χ1) is 11.3. The molecule has 2 aromatic carbocycles. The third kappa shape index (κ3) is 4.85. The van der Waals surface area contributed by atoms with Crippen LogP contribution in [0.1, 0.15) is 38.3 Å². The lowest BCUT2D eigenvalue weighted by Gasteiger charge is -2.23. The summed E-state index contributed by atoms with van der Waals surface area (Å²) in [5, 5.41) is 3.07. The third-order valence-corrected chi connectivity index (χ3v) is 4.10. The van der Waals surface area contributed by atoms with Gasteiger partial charge >= 0.3 is 0 Å². The van der Waals surface area contributed by atoms with Gasteiger partial charge in [0.1, 0.15) is 0 Å². The monoisotopic (exact) mass is 324 g/mol. The number of para-hydroxylation sites is 1. The van der Waals surface area contributed by atoms with Crippen molar-refractivity contribution >= 4 is 17.3 Å². The van der Waals surface area contributed by atoms with Crippen molar-refractivity contribution in [2.45, 2.75) is 39.0 Å². The van der Waals surface area contributed by atoms with E-state index in [-0.39, 0.29) is 11.3 Å². The standard InChI is InChI=1S/C21H28N2O/c1-21(2,3)18-8-6-7-9-19(18)22-20(24)15-12-16-10-13-17(14-11-16)23(4)5/h6-11,13-14H,12,15H2,1-5H3,(H,22,24). The molecule has 2 aromatic rings. The van der Waals surface area contributed by atoms with Gasteiger partial charge in [-0.3, -0.25) is 4.79 Å². The molecular weight excluding hydrogens is 296 g/mol. The van der Waals surface area contributed by atoms with Gasteiger partial charge in [0.2, 0.25) is 5.91 Å². The molecule has 3 nitrogen and oxygen atoms in total. The van der Waals surface area contributed by atoms with Crippen molar-refractivity contribution in [1.29, 1.82) is 0 Å². The maximum absolute atomic E-state index is 12.3. The Bertz CT molecular complexity index is 682. The Balaban J connectivity index is 1.97. The molecule has 0 aliphatic rings. The van der Waals surface area contributed by atoms with Crippen molar-refractivity contribution < 1.29 is 4.79 Å². The number of carbonyl (C=O) groups is 1. The number of carbonyl (C=O) groups excluding carboxylic acids is 1. The van der Waals surface area contributed by atoms with Crippen molar-refractivity contribution in [3.8, 4) is 0 Å². The topological polar surface area (TPSA) is 32.3 Å². The van der Waals surface area contributed by atoms with Gasteiger partial charge in [0, 0.05) is 31.9 Å². The van der Waals surface area contributed by atoms with E-state index in [1.54, 1.807) is 0 Å². The minimum absolute atomic E-state index is 0.00584. The van der Waals surface area contributed by atoms with E-state index in [0.717, 1.165) is 17.7 Å². The number of anilines is 2. The van der Waals surface area contributed by atoms with Crippen molar-refractivity contribution in [2.24, 2.45) is 0 Å². The molecule has 0 radical (unpaired) electrons. The third-order valence-electron chi connectivity index (χ3n) is 4.10. The summed E-state index contributed by atoms with van der Waals surface area (Å²) in [7, 11) is 4.05. The van der Waals surface area contributed by atoms with Crippen LogP contribution in [-0.2, 0) is 16.6 Å². The summed E-state index contributed by atoms with van der Waals surface area (Å²) in [6, 6.07) is 16.4. The highest BCUT2D eigenvalue weighted by Gasteiger charge is 2.18. The average molecular weight is 324 g/mol. The predicted molar refractivity (Wildman–Crippen MR) is 103 cm³/mol. The zero-order valence-corrected chi connectivity index (χ0v) is 15.4. The lowest BCUT2D eigenvalue weighted by Crippen LogP contribution is -2.18. The summed E-state index contributed by atoms with van der Waals surface area (Å²) in [5.41, 5.74) is 4.43. The van der Waals surface area contributed by atoms with Crippen LogP contribution in [0.4, 0.5) is 11.4 Å². The molecular formula is C21H28N2O. The van der Waals surface area contributed by atoms with Crippen LogP contribution in [0.25, 0.3) is 0 Å². The zero-order chi connectivity index (χ0) is 17.7. The fraction of sp³-hybridized carbons (Fsp3) is 0.381. The van der Waals surface area contributed by atoms with Crippen molar-refractivity contribution in [2.75, 3.05) is 24.3 Å². The molecule has 0 saturated heterocycles. The Hall–Kier alpha value is -2.29. The van der Waals surface area contributed by atoms with Gasteiger partial charge < -0.3 is 10.2 Å². The largest absolute Gasteiger partial charge is 0.378 e. The Morgan fingerprint density at radius 3 is 2.21 bits per heavy atom. The molecule has 0 saturated carbocycles. The highest BCUT2D eigenvalue weighted by atomic mass is 16.1. The molecule has 0 atom stereocenters. The van der Waals surface area contributed by atoms with Gasteiger partial charge in [0.05, 0.1) is 0 Å². The van der Waals surface area contributed by atoms with Gasteiger partial charge in [-0.1, -0.05) is 51.1 Å². The zero-order valence-electron chi connectivity index (χ0n) is 15.4. The summed E-state index contributed by atoms with van der Waals surface area (Å²) < 4.78 is 0. The van der Waals surface area contributed by atoms with Crippen LogP contribution in [0.15, 0.2) is 48.5 Å². The maximum atomic E-state index is 12.3. The van der Waals surface area contributed by atoms with E-state index in [1.807, 2.05) is 32.3 Å². The number of hydrogen-bond donors (Lipinski definition) is 1. The SMILES string of the molecule is CN(C)c1ccc(CCC(=O)Nc2ccccc2C(C)(C)C)cc1. The van der Waals surface area contributed by atoms with E-state index in [1.165, 1.54) is 11.3 Å². The van der Waals surface area contributed by atoms with Crippen LogP contribution in [0, 0.1) is 0 Å². The smallest absolute Gasteiger partial charge is 0.224 e. The fourth-order valence-corrected chi connectivity index (χ4v) is 2.68. The summed E-state index contributed by atoms with van der Waals surface area (Å²) in [6.07, 6.45) is 1.23. The molecule has 0 aliphatic heterocycles. The average Bonchev–Trinajstić information content (AvgIpc) is 2.53. The lowest BCUT2D eigenvalue weighted by atomic mass is 9.86. The Labute approximate surface area is 145 Å². The van der Waals surface area contributed by atoms with Crippen LogP contribution in [0.5, 0.6) is 0 Å². The lowest BCUT2D eigenvalue weighted by molar-refractivity contribution is -0.116. The fourth-order valence-electron chi connectivity index (χ4n) is 2.68. The van der Waals surface area contributed by atoms with E-state index in [0.29, 0.717) is 6.42 Å². The number of nitrogens with zero attached hydrogens (tertiary/aromatic N) is 1. The second-order valence-corrected chi connectivity index (χ2v) is 7.40. The quantitative estimate of drug-likeness (QED) is 0.870. The van der Waals surface area contributed by atoms with Crippen LogP contribution >= 0.6 is 0 Å². The summed E-state index contributed by atoms with van der Waals surface area (Å²) in [6.45, 7) is 6.47. The normalized spacial score (nSPS) is 11.2. The molecule has 1 amide bonds. The van der Waals surface area contributed by atoms with E-state index in [4.69, 9.17) is 0 Å². The second kappa shape index (κ2) is 7.52. The van der Waals surface area contributed by atoms with Crippen LogP contribution < -0.4 is 10.2 Å². The van der Waals surface area contributed by atoms with Gasteiger partial charge in [0.25, 0.3) is 0 Å². The van der Waals surface area contributed by atoms with E-state index >= 15 is 0 Å². The molecule has 0 spiro atoms. The van der Waals surface area contributed by atoms with Crippen molar-refractivity contribution in [1.82, 2.24) is 0 Å². The molecule has 1 N–H and O–H groups in total. The molecule has 0 unspecified atom stereocenters. The molecule has 3 heteroatoms. The molecule has 0 fully saturated rings. The number of benzene rings is 2. The number of hydrogen-bond acceptors (Lipinski definition) is 2. The van der Waals surface area contributed by atoms with E-state index in [2.05, 4.69) is 61.3 Å². The molecule has 0 heterocycles. The Morgan fingerprint density at radius 1 is 1.00 bits per heavy atom. The number of amides is 1. The molecule has 24 heavy (non-hydrogen) atoms. The minimum Gasteiger partial charge on any atom is -0.378 e. The summed E-state index contributed by atoms with van der Waals surface area (Å²) in [4.78, 5) is 14.4. The summed E-state index contributed by atoms with van der Waals surface area (Å²) in [5.74, 6) is 0.0587. The second-order valence-electron chi connectivity index (χ2n) is 7.40. The summed E-state index contributed by atoms with van der Waals surface area (Å²) >= 11 is 0. The van der Waals surface area contributed by atoms with Gasteiger partial charge in [-0.15, -0.1) is 0 Å². The minimum atomic E-state index is 0.00584. The first kappa shape index (κ1) is 18.1. The first-order valence-electron chi connectivity index (χ1n) is 8.43. The molecule has 2 rings (SSSR count). The van der Waals surface area contributed by atoms with E-state index in [9.17, 15) is 4.79 Å². The Morgan fingerprint density at radius 2 is 1.62 bits per heavy atom. The molecule has 128 valence electrons. The van der Waals surface area contributed by atoms with Crippen molar-refractivity contribution in [3.05, 3.63) is 59.7 Å². The number of aryl methyl sites for hydroxylation is 1. The van der Waals surface area contributed by atoms with Crippen LogP contribution in [0.3, 0.4) is 0 Å². The highest BCUT2D eigenvalue weighted by Crippen LogP contribution is 2.29. The van der Waals surface area contributed by atoms with Gasteiger partial charge in [-0.05, 0) is 41.2 Å². The predicted octanol–water partition coefficient (Wildman–Crippen LogP) is 4.62. The number of nitrogens with one attached hydrogen (secondary N) is 1. The Kier molecular flexibility index (Phi) is 5.66. The van der Waals surface area contributed by atoms with Crippen molar-refractivity contribution in [3.63, 3.8) is 0 Å². The van der Waals surface area contributed by atoms with Crippen LogP contribution in [0.2, 0.25) is 0 Å². The maximum Gasteiger partial charge on any atom is 0.224 e. The van der Waals surface area contributed by atoms with Gasteiger partial charge in [0.15, 0.2) is 0 Å². The van der Waals surface area contributed by atoms with Gasteiger partial charge in [-0.2, -0.15) is 0 Å². The first-order valence-corrected chi connectivity index (χ1v) is 8.43. The van der Waals surface area contributed by atoms with Crippen LogP contribution in [-0.4, -0.2) is 20.0 Å². The molecule has 0 aromatic heterocycles. The highest BCUT2D eigenvalue weighted by molar-refractivity contribution is 5.91. The number of rotatable bonds is 5. The molecule has 0 aliphatic carbocycles. The van der Waals surface area contributed by atoms with Gasteiger partial charge in [-0.25, -0.2) is 0 Å².